The molecule has 1 aliphatic rings. The molecule has 2 unspecified atom stereocenters. The van der Waals surface area contributed by atoms with E-state index in [0.29, 0.717) is 5.73 Å². The predicted molar refractivity (Wildman–Crippen MR) is 60.2 cm³/mol. The molecule has 0 aromatic rings. The zero-order valence-electron chi connectivity index (χ0n) is 8.95. The highest BCUT2D eigenvalue weighted by atomic mass is 28.3. The first kappa shape index (κ1) is 10.7. The third-order valence-electron chi connectivity index (χ3n) is 2.16. The number of rotatable bonds is 4. The van der Waals surface area contributed by atoms with Crippen LogP contribution in [0.3, 0.4) is 0 Å². The van der Waals surface area contributed by atoms with Crippen molar-refractivity contribution >= 4 is 14.3 Å². The van der Waals surface area contributed by atoms with E-state index in [-0.39, 0.29) is 6.04 Å². The second-order valence-corrected chi connectivity index (χ2v) is 9.72. The van der Waals surface area contributed by atoms with Crippen LogP contribution < -0.4 is 0 Å². The predicted octanol–water partition coefficient (Wildman–Crippen LogP) is 2.28. The molecule has 0 N–H and O–H groups in total. The van der Waals surface area contributed by atoms with Gasteiger partial charge < -0.3 is 4.74 Å². The van der Waals surface area contributed by atoms with Gasteiger partial charge in [-0.05, 0) is 13.0 Å². The standard InChI is InChI=1S/C10H19NOSi/c1-5-12-10(13(2,3)4)9-7-6-8-11-9/h6-10H,5H2,1-4H3. The van der Waals surface area contributed by atoms with E-state index in [1.165, 1.54) is 0 Å². The lowest BCUT2D eigenvalue weighted by Crippen LogP contribution is -2.46. The van der Waals surface area contributed by atoms with Crippen molar-refractivity contribution < 1.29 is 4.74 Å². The summed E-state index contributed by atoms with van der Waals surface area (Å²) < 4.78 is 5.79. The molecule has 1 heterocycles. The van der Waals surface area contributed by atoms with Crippen LogP contribution >= 0.6 is 0 Å². The number of allylic oxidation sites excluding steroid dienone is 1. The van der Waals surface area contributed by atoms with Crippen molar-refractivity contribution in [3.05, 3.63) is 12.2 Å². The summed E-state index contributed by atoms with van der Waals surface area (Å²) >= 11 is 0. The van der Waals surface area contributed by atoms with Crippen LogP contribution in [0.15, 0.2) is 17.1 Å². The quantitative estimate of drug-likeness (QED) is 0.634. The first-order valence-corrected chi connectivity index (χ1v) is 8.45. The summed E-state index contributed by atoms with van der Waals surface area (Å²) in [6.45, 7) is 9.82. The van der Waals surface area contributed by atoms with Crippen LogP contribution in [0, 0.1) is 0 Å². The summed E-state index contributed by atoms with van der Waals surface area (Å²) in [5.41, 5.74) is 0.326. The lowest BCUT2D eigenvalue weighted by Gasteiger charge is -2.31. The maximum absolute atomic E-state index is 5.79. The van der Waals surface area contributed by atoms with Crippen molar-refractivity contribution in [3.8, 4) is 0 Å². The minimum atomic E-state index is -1.26. The van der Waals surface area contributed by atoms with Crippen molar-refractivity contribution in [1.29, 1.82) is 0 Å². The number of hydrogen-bond acceptors (Lipinski definition) is 2. The van der Waals surface area contributed by atoms with Crippen molar-refractivity contribution in [3.63, 3.8) is 0 Å². The Balaban J connectivity index is 2.67. The van der Waals surface area contributed by atoms with E-state index in [1.54, 1.807) is 0 Å². The van der Waals surface area contributed by atoms with E-state index in [9.17, 15) is 0 Å². The summed E-state index contributed by atoms with van der Waals surface area (Å²) in [5, 5.41) is 0. The number of hydrogen-bond donors (Lipinski definition) is 0. The summed E-state index contributed by atoms with van der Waals surface area (Å²) in [4.78, 5) is 4.39. The van der Waals surface area contributed by atoms with Gasteiger partial charge in [-0.15, -0.1) is 0 Å². The van der Waals surface area contributed by atoms with Gasteiger partial charge in [-0.1, -0.05) is 25.7 Å². The van der Waals surface area contributed by atoms with Gasteiger partial charge in [0.05, 0.1) is 19.8 Å². The lowest BCUT2D eigenvalue weighted by molar-refractivity contribution is 0.104. The highest BCUT2D eigenvalue weighted by Crippen LogP contribution is 2.20. The Kier molecular flexibility index (Phi) is 3.45. The van der Waals surface area contributed by atoms with E-state index < -0.39 is 8.07 Å². The largest absolute Gasteiger partial charge is 0.379 e. The van der Waals surface area contributed by atoms with Gasteiger partial charge in [0.2, 0.25) is 0 Å². The van der Waals surface area contributed by atoms with Crippen molar-refractivity contribution in [2.45, 2.75) is 38.3 Å². The molecule has 0 spiro atoms. The topological polar surface area (TPSA) is 21.6 Å². The summed E-state index contributed by atoms with van der Waals surface area (Å²) in [7, 11) is -1.26. The zero-order chi connectivity index (χ0) is 9.90. The molecule has 3 heteroatoms. The van der Waals surface area contributed by atoms with Gasteiger partial charge in [-0.2, -0.15) is 0 Å². The number of ether oxygens (including phenoxy) is 1. The number of aliphatic imine (C=N–C) groups is 1. The SMILES string of the molecule is CCOC(C1C=CC=N1)[Si](C)(C)C. The lowest BCUT2D eigenvalue weighted by atomic mass is 10.3. The highest BCUT2D eigenvalue weighted by molar-refractivity contribution is 6.77. The highest BCUT2D eigenvalue weighted by Gasteiger charge is 2.33. The van der Waals surface area contributed by atoms with E-state index in [0.717, 1.165) is 6.61 Å². The number of nitrogens with zero attached hydrogens (tertiary/aromatic N) is 1. The molecule has 74 valence electrons. The molecule has 0 saturated carbocycles. The fourth-order valence-corrected chi connectivity index (χ4v) is 3.47. The van der Waals surface area contributed by atoms with Crippen molar-refractivity contribution in [1.82, 2.24) is 0 Å². The Labute approximate surface area is 81.7 Å². The minimum Gasteiger partial charge on any atom is -0.379 e. The fourth-order valence-electron chi connectivity index (χ4n) is 1.58. The van der Waals surface area contributed by atoms with Crippen LogP contribution in [0.5, 0.6) is 0 Å². The molecule has 1 aliphatic heterocycles. The third kappa shape index (κ3) is 2.78. The average Bonchev–Trinajstić information content (AvgIpc) is 2.49. The van der Waals surface area contributed by atoms with Gasteiger partial charge in [-0.3, -0.25) is 4.99 Å². The third-order valence-corrected chi connectivity index (χ3v) is 4.38. The molecular formula is C10H19NOSi. The molecule has 0 aromatic heterocycles. The van der Waals surface area contributed by atoms with E-state index in [1.807, 2.05) is 12.3 Å². The van der Waals surface area contributed by atoms with Crippen LogP contribution in [-0.4, -0.2) is 32.7 Å². The molecule has 13 heavy (non-hydrogen) atoms. The smallest absolute Gasteiger partial charge is 0.0915 e. The molecule has 0 aliphatic carbocycles. The summed E-state index contributed by atoms with van der Waals surface area (Å²) in [6, 6.07) is 0.270. The molecule has 2 nitrogen and oxygen atoms in total. The van der Waals surface area contributed by atoms with Gasteiger partial charge in [0, 0.05) is 12.8 Å². The monoisotopic (exact) mass is 197 g/mol. The van der Waals surface area contributed by atoms with Gasteiger partial charge in [0.25, 0.3) is 0 Å². The molecule has 0 aromatic carbocycles. The second-order valence-electron chi connectivity index (χ2n) is 4.42. The minimum absolute atomic E-state index is 0.270. The van der Waals surface area contributed by atoms with Crippen molar-refractivity contribution in [2.75, 3.05) is 6.61 Å². The van der Waals surface area contributed by atoms with Gasteiger partial charge in [-0.25, -0.2) is 0 Å². The summed E-state index contributed by atoms with van der Waals surface area (Å²) in [5.74, 6) is 0. The molecule has 0 saturated heterocycles. The molecule has 0 amide bonds. The first-order chi connectivity index (χ1) is 6.05. The van der Waals surface area contributed by atoms with E-state index in [4.69, 9.17) is 4.74 Å². The Morgan fingerprint density at radius 2 is 2.15 bits per heavy atom. The van der Waals surface area contributed by atoms with Crippen LogP contribution in [0.25, 0.3) is 0 Å². The maximum Gasteiger partial charge on any atom is 0.0915 e. The normalized spacial score (nSPS) is 23.8. The van der Waals surface area contributed by atoms with Crippen LogP contribution in [-0.2, 0) is 4.74 Å². The summed E-state index contributed by atoms with van der Waals surface area (Å²) in [6.07, 6.45) is 6.02. The van der Waals surface area contributed by atoms with Gasteiger partial charge >= 0.3 is 0 Å². The fraction of sp³-hybridized carbons (Fsp3) is 0.700. The first-order valence-electron chi connectivity index (χ1n) is 4.87. The van der Waals surface area contributed by atoms with Gasteiger partial charge in [0.15, 0.2) is 0 Å². The Bertz CT molecular complexity index is 205. The van der Waals surface area contributed by atoms with Crippen LogP contribution in [0.4, 0.5) is 0 Å². The molecule has 0 bridgehead atoms. The molecule has 0 fully saturated rings. The Hall–Kier alpha value is -0.413. The molecule has 1 rings (SSSR count). The second kappa shape index (κ2) is 4.20. The maximum atomic E-state index is 5.79. The molecular weight excluding hydrogens is 178 g/mol. The zero-order valence-corrected chi connectivity index (χ0v) is 9.95. The molecule has 2 atom stereocenters. The molecule has 0 radical (unpaired) electrons. The van der Waals surface area contributed by atoms with Crippen LogP contribution in [0.2, 0.25) is 19.6 Å². The Morgan fingerprint density at radius 3 is 2.54 bits per heavy atom. The van der Waals surface area contributed by atoms with Gasteiger partial charge in [0.1, 0.15) is 0 Å². The van der Waals surface area contributed by atoms with Crippen LogP contribution in [0.1, 0.15) is 6.92 Å². The van der Waals surface area contributed by atoms with E-state index >= 15 is 0 Å². The Morgan fingerprint density at radius 1 is 1.46 bits per heavy atom. The van der Waals surface area contributed by atoms with E-state index in [2.05, 4.69) is 37.6 Å². The van der Waals surface area contributed by atoms with Crippen molar-refractivity contribution in [2.24, 2.45) is 4.99 Å². The average molecular weight is 197 g/mol.